The number of amides is 1. The fourth-order valence-corrected chi connectivity index (χ4v) is 0.628. The minimum Gasteiger partial charge on any atom is -0.450 e. The number of rotatable bonds is 5. The predicted octanol–water partition coefficient (Wildman–Crippen LogP) is 1.48. The quantitative estimate of drug-likeness (QED) is 0.594. The molecule has 0 aliphatic carbocycles. The molecule has 0 aliphatic heterocycles. The van der Waals surface area contributed by atoms with Crippen molar-refractivity contribution in [1.82, 2.24) is 0 Å². The summed E-state index contributed by atoms with van der Waals surface area (Å²) in [6.45, 7) is 4.13. The van der Waals surface area contributed by atoms with Crippen molar-refractivity contribution in [3.05, 3.63) is 6.92 Å². The van der Waals surface area contributed by atoms with Crippen molar-refractivity contribution in [3.63, 3.8) is 0 Å². The topological polar surface area (TPSA) is 52.3 Å². The van der Waals surface area contributed by atoms with Crippen LogP contribution in [-0.2, 0) is 4.74 Å². The van der Waals surface area contributed by atoms with E-state index < -0.39 is 6.09 Å². The molecule has 10 heavy (non-hydrogen) atoms. The van der Waals surface area contributed by atoms with Crippen molar-refractivity contribution in [2.45, 2.75) is 25.7 Å². The maximum atomic E-state index is 10.0. The monoisotopic (exact) mass is 144 g/mol. The Morgan fingerprint density at radius 2 is 2.10 bits per heavy atom. The van der Waals surface area contributed by atoms with Crippen LogP contribution >= 0.6 is 0 Å². The van der Waals surface area contributed by atoms with E-state index in [1.165, 1.54) is 0 Å². The molecule has 3 heteroatoms. The Hall–Kier alpha value is -0.730. The highest BCUT2D eigenvalue weighted by Gasteiger charge is 1.91. The van der Waals surface area contributed by atoms with E-state index in [2.05, 4.69) is 11.7 Å². The predicted molar refractivity (Wildman–Crippen MR) is 39.4 cm³/mol. The van der Waals surface area contributed by atoms with Gasteiger partial charge < -0.3 is 10.5 Å². The summed E-state index contributed by atoms with van der Waals surface area (Å²) in [5, 5.41) is 0. The summed E-state index contributed by atoms with van der Waals surface area (Å²) >= 11 is 0. The third kappa shape index (κ3) is 7.27. The molecule has 1 amide bonds. The molecule has 0 heterocycles. The van der Waals surface area contributed by atoms with Gasteiger partial charge in [0.05, 0.1) is 6.61 Å². The van der Waals surface area contributed by atoms with Gasteiger partial charge in [-0.2, -0.15) is 0 Å². The van der Waals surface area contributed by atoms with Gasteiger partial charge in [0.1, 0.15) is 0 Å². The highest BCUT2D eigenvalue weighted by molar-refractivity contribution is 5.64. The van der Waals surface area contributed by atoms with E-state index >= 15 is 0 Å². The molecule has 0 saturated heterocycles. The van der Waals surface area contributed by atoms with Crippen molar-refractivity contribution in [3.8, 4) is 0 Å². The maximum absolute atomic E-state index is 10.0. The molecule has 2 N–H and O–H groups in total. The summed E-state index contributed by atoms with van der Waals surface area (Å²) in [7, 11) is 0. The second-order valence-corrected chi connectivity index (χ2v) is 2.08. The zero-order valence-corrected chi connectivity index (χ0v) is 6.14. The fourth-order valence-electron chi connectivity index (χ4n) is 0.628. The van der Waals surface area contributed by atoms with Crippen LogP contribution in [0.2, 0.25) is 0 Å². The molecule has 0 atom stereocenters. The van der Waals surface area contributed by atoms with E-state index in [1.807, 2.05) is 0 Å². The van der Waals surface area contributed by atoms with Crippen LogP contribution in [0.1, 0.15) is 25.7 Å². The average Bonchev–Trinajstić information content (AvgIpc) is 1.87. The Kier molecular flexibility index (Phi) is 5.92. The second-order valence-electron chi connectivity index (χ2n) is 2.08. The lowest BCUT2D eigenvalue weighted by Crippen LogP contribution is -2.13. The lowest BCUT2D eigenvalue weighted by Gasteiger charge is -1.99. The number of hydrogen-bond acceptors (Lipinski definition) is 2. The molecule has 59 valence electrons. The lowest BCUT2D eigenvalue weighted by atomic mass is 10.2. The molecule has 0 aromatic carbocycles. The molecule has 0 aromatic rings. The first-order valence-corrected chi connectivity index (χ1v) is 3.49. The number of hydrogen-bond donors (Lipinski definition) is 1. The molecule has 0 rings (SSSR count). The zero-order chi connectivity index (χ0) is 7.82. The normalized spacial score (nSPS) is 9.30. The van der Waals surface area contributed by atoms with Crippen molar-refractivity contribution < 1.29 is 9.53 Å². The highest BCUT2D eigenvalue weighted by atomic mass is 16.5. The van der Waals surface area contributed by atoms with Gasteiger partial charge in [-0.1, -0.05) is 26.2 Å². The number of carbonyl (C=O) groups is 1. The van der Waals surface area contributed by atoms with Crippen LogP contribution in [-0.4, -0.2) is 12.7 Å². The number of carbonyl (C=O) groups excluding carboxylic acids is 1. The van der Waals surface area contributed by atoms with Gasteiger partial charge in [-0.05, 0) is 6.42 Å². The summed E-state index contributed by atoms with van der Waals surface area (Å²) in [6.07, 6.45) is 3.28. The van der Waals surface area contributed by atoms with Crippen molar-refractivity contribution in [2.75, 3.05) is 6.61 Å². The van der Waals surface area contributed by atoms with Crippen LogP contribution in [0.25, 0.3) is 0 Å². The van der Waals surface area contributed by atoms with Crippen molar-refractivity contribution in [2.24, 2.45) is 5.73 Å². The minimum absolute atomic E-state index is 0.440. The van der Waals surface area contributed by atoms with Crippen LogP contribution in [0.3, 0.4) is 0 Å². The second kappa shape index (κ2) is 6.39. The van der Waals surface area contributed by atoms with Gasteiger partial charge in [0.15, 0.2) is 0 Å². The molecule has 0 saturated carbocycles. The largest absolute Gasteiger partial charge is 0.450 e. The van der Waals surface area contributed by atoms with E-state index in [9.17, 15) is 4.79 Å². The highest BCUT2D eigenvalue weighted by Crippen LogP contribution is 1.97. The number of unbranched alkanes of at least 4 members (excludes halogenated alkanes) is 3. The Bertz CT molecular complexity index is 93.6. The van der Waals surface area contributed by atoms with Crippen LogP contribution in [0.5, 0.6) is 0 Å². The third-order valence-corrected chi connectivity index (χ3v) is 1.14. The minimum atomic E-state index is -0.686. The van der Waals surface area contributed by atoms with Gasteiger partial charge in [-0.25, -0.2) is 4.79 Å². The summed E-state index contributed by atoms with van der Waals surface area (Å²) in [4.78, 5) is 10.0. The summed E-state index contributed by atoms with van der Waals surface area (Å²) in [6, 6.07) is 0. The van der Waals surface area contributed by atoms with Crippen molar-refractivity contribution in [1.29, 1.82) is 0 Å². The molecule has 3 nitrogen and oxygen atoms in total. The molecule has 1 radical (unpaired) electrons. The SMILES string of the molecule is [CH2]CCCCCOC(N)=O. The van der Waals surface area contributed by atoms with E-state index in [0.29, 0.717) is 6.61 Å². The first kappa shape index (κ1) is 9.27. The van der Waals surface area contributed by atoms with Gasteiger partial charge in [-0.3, -0.25) is 0 Å². The summed E-state index contributed by atoms with van der Waals surface area (Å²) in [5.41, 5.74) is 4.73. The van der Waals surface area contributed by atoms with Crippen LogP contribution < -0.4 is 5.73 Å². The van der Waals surface area contributed by atoms with Crippen molar-refractivity contribution >= 4 is 6.09 Å². The van der Waals surface area contributed by atoms with E-state index in [4.69, 9.17) is 5.73 Å². The Morgan fingerprint density at radius 1 is 1.40 bits per heavy atom. The van der Waals surface area contributed by atoms with Gasteiger partial charge in [0.25, 0.3) is 0 Å². The molecular weight excluding hydrogens is 130 g/mol. The fraction of sp³-hybridized carbons (Fsp3) is 0.714. The van der Waals surface area contributed by atoms with Gasteiger partial charge in [-0.15, -0.1) is 0 Å². The Balaban J connectivity index is 2.84. The summed E-state index contributed by atoms with van der Waals surface area (Å²) < 4.78 is 4.51. The number of primary amides is 1. The smallest absolute Gasteiger partial charge is 0.404 e. The standard InChI is InChI=1S/C7H14NO2/c1-2-3-4-5-6-10-7(8)9/h1-6H2,(H2,8,9). The van der Waals surface area contributed by atoms with E-state index in [0.717, 1.165) is 25.7 Å². The maximum Gasteiger partial charge on any atom is 0.404 e. The van der Waals surface area contributed by atoms with Crippen LogP contribution in [0.4, 0.5) is 4.79 Å². The number of nitrogens with two attached hydrogens (primary N) is 1. The molecule has 0 spiro atoms. The van der Waals surface area contributed by atoms with E-state index in [-0.39, 0.29) is 0 Å². The zero-order valence-electron chi connectivity index (χ0n) is 6.14. The number of ether oxygens (including phenoxy) is 1. The van der Waals surface area contributed by atoms with Gasteiger partial charge in [0, 0.05) is 0 Å². The molecular formula is C7H14NO2. The molecule has 0 aromatic heterocycles. The summed E-state index contributed by atoms with van der Waals surface area (Å²) in [5.74, 6) is 0. The van der Waals surface area contributed by atoms with Crippen LogP contribution in [0.15, 0.2) is 0 Å². The first-order valence-electron chi connectivity index (χ1n) is 3.49. The third-order valence-electron chi connectivity index (χ3n) is 1.14. The van der Waals surface area contributed by atoms with Gasteiger partial charge in [0.2, 0.25) is 0 Å². The molecule has 0 unspecified atom stereocenters. The van der Waals surface area contributed by atoms with E-state index in [1.54, 1.807) is 0 Å². The first-order chi connectivity index (χ1) is 4.77. The Morgan fingerprint density at radius 3 is 2.60 bits per heavy atom. The molecule has 0 fully saturated rings. The molecule has 0 aliphatic rings. The molecule has 0 bridgehead atoms. The lowest BCUT2D eigenvalue weighted by molar-refractivity contribution is 0.154. The Labute approximate surface area is 61.5 Å². The van der Waals surface area contributed by atoms with Crippen LogP contribution in [0, 0.1) is 6.92 Å². The van der Waals surface area contributed by atoms with Gasteiger partial charge >= 0.3 is 6.09 Å². The average molecular weight is 144 g/mol.